The molecule has 0 saturated carbocycles. The van der Waals surface area contributed by atoms with Crippen molar-refractivity contribution in [2.24, 2.45) is 0 Å². The molecule has 1 aliphatic heterocycles. The van der Waals surface area contributed by atoms with E-state index in [9.17, 15) is 9.18 Å². The molecular weight excluding hydrogens is 355 g/mol. The highest BCUT2D eigenvalue weighted by Gasteiger charge is 2.22. The largest absolute Gasteiger partial charge is 0.376 e. The van der Waals surface area contributed by atoms with Gasteiger partial charge < -0.3 is 10.1 Å². The third kappa shape index (κ3) is 4.70. The summed E-state index contributed by atoms with van der Waals surface area (Å²) in [7, 11) is 0. The number of thioether (sulfide) groups is 1. The molecule has 138 valence electrons. The minimum Gasteiger partial charge on any atom is -0.376 e. The zero-order chi connectivity index (χ0) is 18.4. The molecule has 8 heteroatoms. The third-order valence-corrected chi connectivity index (χ3v) is 4.97. The number of ether oxygens (including phenoxy) is 1. The van der Waals surface area contributed by atoms with Gasteiger partial charge in [0.1, 0.15) is 5.82 Å². The van der Waals surface area contributed by atoms with Crippen molar-refractivity contribution in [1.82, 2.24) is 20.1 Å². The number of aromatic nitrogens is 3. The lowest BCUT2D eigenvalue weighted by Crippen LogP contribution is -2.25. The predicted octanol–water partition coefficient (Wildman–Crippen LogP) is 2.66. The highest BCUT2D eigenvalue weighted by atomic mass is 32.2. The minimum atomic E-state index is -0.299. The first-order chi connectivity index (χ1) is 12.7. The maximum absolute atomic E-state index is 13.2. The van der Waals surface area contributed by atoms with E-state index in [-0.39, 0.29) is 23.6 Å². The summed E-state index contributed by atoms with van der Waals surface area (Å²) in [6, 6.07) is 6.15. The van der Waals surface area contributed by atoms with Crippen LogP contribution in [0.1, 0.15) is 12.8 Å². The first-order valence-corrected chi connectivity index (χ1v) is 9.47. The summed E-state index contributed by atoms with van der Waals surface area (Å²) in [4.78, 5) is 11.8. The van der Waals surface area contributed by atoms with Gasteiger partial charge in [-0.2, -0.15) is 0 Å². The van der Waals surface area contributed by atoms with Gasteiger partial charge >= 0.3 is 0 Å². The van der Waals surface area contributed by atoms with Gasteiger partial charge in [-0.3, -0.25) is 9.36 Å². The Morgan fingerprint density at radius 2 is 2.23 bits per heavy atom. The zero-order valence-corrected chi connectivity index (χ0v) is 15.2. The number of halogens is 1. The second kappa shape index (κ2) is 8.95. The van der Waals surface area contributed by atoms with Gasteiger partial charge in [0.15, 0.2) is 11.0 Å². The Hall–Kier alpha value is -2.19. The van der Waals surface area contributed by atoms with Crippen LogP contribution in [-0.2, 0) is 16.1 Å². The Balaban J connectivity index is 1.80. The van der Waals surface area contributed by atoms with E-state index in [4.69, 9.17) is 4.74 Å². The monoisotopic (exact) mass is 376 g/mol. The Morgan fingerprint density at radius 3 is 2.92 bits per heavy atom. The molecule has 0 spiro atoms. The fourth-order valence-corrected chi connectivity index (χ4v) is 3.51. The van der Waals surface area contributed by atoms with Crippen LogP contribution in [0.3, 0.4) is 0 Å². The normalized spacial score (nSPS) is 16.6. The summed E-state index contributed by atoms with van der Waals surface area (Å²) in [5.41, 5.74) is 0.778. The molecule has 1 unspecified atom stereocenters. The molecule has 1 N–H and O–H groups in total. The molecule has 1 atom stereocenters. The van der Waals surface area contributed by atoms with Crippen LogP contribution in [0.15, 0.2) is 42.1 Å². The van der Waals surface area contributed by atoms with Gasteiger partial charge in [0.25, 0.3) is 0 Å². The summed E-state index contributed by atoms with van der Waals surface area (Å²) in [5.74, 6) is 0.493. The van der Waals surface area contributed by atoms with Crippen LogP contribution >= 0.6 is 11.8 Å². The molecule has 26 heavy (non-hydrogen) atoms. The zero-order valence-electron chi connectivity index (χ0n) is 14.4. The molecule has 1 aromatic carbocycles. The Morgan fingerprint density at radius 1 is 1.42 bits per heavy atom. The predicted molar refractivity (Wildman–Crippen MR) is 98.3 cm³/mol. The van der Waals surface area contributed by atoms with Crippen molar-refractivity contribution in [3.63, 3.8) is 0 Å². The minimum absolute atomic E-state index is 0.0927. The number of hydrogen-bond acceptors (Lipinski definition) is 5. The second-order valence-electron chi connectivity index (χ2n) is 5.94. The molecule has 0 radical (unpaired) electrons. The van der Waals surface area contributed by atoms with E-state index < -0.39 is 0 Å². The lowest BCUT2D eigenvalue weighted by molar-refractivity contribution is -0.118. The van der Waals surface area contributed by atoms with Crippen LogP contribution in [0.25, 0.3) is 11.4 Å². The summed E-state index contributed by atoms with van der Waals surface area (Å²) >= 11 is 1.32. The summed E-state index contributed by atoms with van der Waals surface area (Å²) in [6.45, 7) is 5.37. The lowest BCUT2D eigenvalue weighted by Gasteiger charge is -2.14. The van der Waals surface area contributed by atoms with Gasteiger partial charge in [0.2, 0.25) is 5.91 Å². The van der Waals surface area contributed by atoms with Crippen molar-refractivity contribution in [1.29, 1.82) is 0 Å². The van der Waals surface area contributed by atoms with Gasteiger partial charge in [-0.15, -0.1) is 16.8 Å². The molecule has 1 amide bonds. The standard InChI is InChI=1S/C18H21FN4O2S/c1-2-9-20-16(24)12-26-18-22-21-17(13-5-7-14(19)8-6-13)23(18)11-15-4-3-10-25-15/h2,5-8,15H,1,3-4,9-12H2,(H,20,24). The Labute approximate surface area is 155 Å². The maximum atomic E-state index is 13.2. The number of hydrogen-bond donors (Lipinski definition) is 1. The molecule has 1 aliphatic rings. The summed E-state index contributed by atoms with van der Waals surface area (Å²) in [6.07, 6.45) is 3.74. The summed E-state index contributed by atoms with van der Waals surface area (Å²) in [5, 5.41) is 11.9. The lowest BCUT2D eigenvalue weighted by atomic mass is 10.2. The number of nitrogens with zero attached hydrogens (tertiary/aromatic N) is 3. The number of carbonyl (C=O) groups is 1. The Bertz CT molecular complexity index is 757. The first-order valence-electron chi connectivity index (χ1n) is 8.48. The number of amides is 1. The Kier molecular flexibility index (Phi) is 6.40. The molecular formula is C18H21FN4O2S. The van der Waals surface area contributed by atoms with Crippen molar-refractivity contribution in [2.45, 2.75) is 30.6 Å². The average Bonchev–Trinajstić information content (AvgIpc) is 3.29. The summed E-state index contributed by atoms with van der Waals surface area (Å²) < 4.78 is 20.9. The van der Waals surface area contributed by atoms with Gasteiger partial charge in [0.05, 0.1) is 18.4 Å². The molecule has 1 saturated heterocycles. The number of benzene rings is 1. The molecule has 2 aromatic rings. The van der Waals surface area contributed by atoms with Gasteiger partial charge in [-0.25, -0.2) is 4.39 Å². The van der Waals surface area contributed by atoms with Crippen molar-refractivity contribution >= 4 is 17.7 Å². The van der Waals surface area contributed by atoms with Crippen molar-refractivity contribution < 1.29 is 13.9 Å². The van der Waals surface area contributed by atoms with E-state index in [0.29, 0.717) is 24.1 Å². The average molecular weight is 376 g/mol. The van der Waals surface area contributed by atoms with E-state index in [1.54, 1.807) is 18.2 Å². The molecule has 2 heterocycles. The van der Waals surface area contributed by atoms with Crippen molar-refractivity contribution in [2.75, 3.05) is 18.9 Å². The van der Waals surface area contributed by atoms with Gasteiger partial charge in [0, 0.05) is 18.7 Å². The van der Waals surface area contributed by atoms with Crippen LogP contribution in [0, 0.1) is 5.82 Å². The molecule has 1 fully saturated rings. The molecule has 0 aliphatic carbocycles. The maximum Gasteiger partial charge on any atom is 0.230 e. The van der Waals surface area contributed by atoms with Crippen LogP contribution in [-0.4, -0.2) is 45.7 Å². The molecule has 1 aromatic heterocycles. The van der Waals surface area contributed by atoms with Crippen molar-refractivity contribution in [3.05, 3.63) is 42.7 Å². The second-order valence-corrected chi connectivity index (χ2v) is 6.88. The number of nitrogens with one attached hydrogen (secondary N) is 1. The first kappa shape index (κ1) is 18.6. The SMILES string of the molecule is C=CCNC(=O)CSc1nnc(-c2ccc(F)cc2)n1CC1CCCO1. The number of carbonyl (C=O) groups excluding carboxylic acids is 1. The van der Waals surface area contributed by atoms with E-state index in [0.717, 1.165) is 25.0 Å². The van der Waals surface area contributed by atoms with Gasteiger partial charge in [-0.1, -0.05) is 17.8 Å². The van der Waals surface area contributed by atoms with Crippen LogP contribution in [0.5, 0.6) is 0 Å². The van der Waals surface area contributed by atoms with E-state index in [2.05, 4.69) is 22.1 Å². The molecule has 6 nitrogen and oxygen atoms in total. The van der Waals surface area contributed by atoms with E-state index in [1.807, 2.05) is 4.57 Å². The topological polar surface area (TPSA) is 69.0 Å². The number of rotatable bonds is 8. The highest BCUT2D eigenvalue weighted by molar-refractivity contribution is 7.99. The van der Waals surface area contributed by atoms with Crippen molar-refractivity contribution in [3.8, 4) is 11.4 Å². The van der Waals surface area contributed by atoms with E-state index in [1.165, 1.54) is 23.9 Å². The van der Waals surface area contributed by atoms with Crippen LogP contribution in [0.2, 0.25) is 0 Å². The third-order valence-electron chi connectivity index (χ3n) is 4.01. The fourth-order valence-electron chi connectivity index (χ4n) is 2.73. The van der Waals surface area contributed by atoms with Gasteiger partial charge in [-0.05, 0) is 37.1 Å². The van der Waals surface area contributed by atoms with Crippen LogP contribution in [0.4, 0.5) is 4.39 Å². The van der Waals surface area contributed by atoms with E-state index >= 15 is 0 Å². The smallest absolute Gasteiger partial charge is 0.230 e. The highest BCUT2D eigenvalue weighted by Crippen LogP contribution is 2.26. The quantitative estimate of drug-likeness (QED) is 0.567. The van der Waals surface area contributed by atoms with Crippen LogP contribution < -0.4 is 5.32 Å². The molecule has 3 rings (SSSR count). The molecule has 0 bridgehead atoms. The fraction of sp³-hybridized carbons (Fsp3) is 0.389.